The van der Waals surface area contributed by atoms with Crippen LogP contribution in [-0.4, -0.2) is 55.8 Å². The van der Waals surface area contributed by atoms with Gasteiger partial charge in [-0.25, -0.2) is 0 Å². The molecule has 0 spiro atoms. The van der Waals surface area contributed by atoms with Gasteiger partial charge in [-0.2, -0.15) is 0 Å². The van der Waals surface area contributed by atoms with Crippen LogP contribution >= 0.6 is 0 Å². The van der Waals surface area contributed by atoms with E-state index >= 15 is 0 Å². The molecule has 0 aliphatic heterocycles. The number of methoxy groups -OCH3 is 2. The molecule has 0 saturated carbocycles. The second kappa shape index (κ2) is 9.10. The van der Waals surface area contributed by atoms with E-state index in [2.05, 4.69) is 0 Å². The summed E-state index contributed by atoms with van der Waals surface area (Å²) >= 11 is 0. The van der Waals surface area contributed by atoms with Crippen molar-refractivity contribution in [2.75, 3.05) is 33.9 Å². The molecule has 0 aliphatic carbocycles. The van der Waals surface area contributed by atoms with Gasteiger partial charge in [0.2, 0.25) is 5.91 Å². The second-order valence-corrected chi connectivity index (χ2v) is 4.63. The molecule has 1 aromatic rings. The standard InChI is InChI=1S/C15H21NO5/c1-20-7-6-16(10-15(18)19)14(17)9-12-4-3-5-13(8-12)11-21-2/h3-5,8H,6-7,9-11H2,1-2H3,(H,18,19). The number of hydrogen-bond donors (Lipinski definition) is 1. The Kier molecular flexibility index (Phi) is 7.42. The van der Waals surface area contributed by atoms with E-state index in [9.17, 15) is 9.59 Å². The first-order chi connectivity index (χ1) is 10.1. The Morgan fingerprint density at radius 3 is 2.52 bits per heavy atom. The Morgan fingerprint density at radius 1 is 1.19 bits per heavy atom. The van der Waals surface area contributed by atoms with Crippen molar-refractivity contribution >= 4 is 11.9 Å². The van der Waals surface area contributed by atoms with E-state index < -0.39 is 5.97 Å². The minimum atomic E-state index is -1.03. The Labute approximate surface area is 124 Å². The third kappa shape index (κ3) is 6.37. The molecule has 6 heteroatoms. The fourth-order valence-electron chi connectivity index (χ4n) is 1.94. The number of rotatable bonds is 9. The van der Waals surface area contributed by atoms with Gasteiger partial charge < -0.3 is 19.5 Å². The van der Waals surface area contributed by atoms with Crippen LogP contribution in [0.25, 0.3) is 0 Å². The summed E-state index contributed by atoms with van der Waals surface area (Å²) < 4.78 is 9.95. The lowest BCUT2D eigenvalue weighted by atomic mass is 10.1. The molecule has 0 aliphatic rings. The van der Waals surface area contributed by atoms with Crippen LogP contribution in [0, 0.1) is 0 Å². The van der Waals surface area contributed by atoms with Gasteiger partial charge in [-0.15, -0.1) is 0 Å². The largest absolute Gasteiger partial charge is 0.480 e. The average Bonchev–Trinajstić information content (AvgIpc) is 2.43. The minimum absolute atomic E-state index is 0.161. The van der Waals surface area contributed by atoms with Crippen molar-refractivity contribution in [3.63, 3.8) is 0 Å². The van der Waals surface area contributed by atoms with Gasteiger partial charge in [0, 0.05) is 20.8 Å². The van der Waals surface area contributed by atoms with E-state index in [-0.39, 0.29) is 25.4 Å². The molecular weight excluding hydrogens is 274 g/mol. The first-order valence-electron chi connectivity index (χ1n) is 6.62. The topological polar surface area (TPSA) is 76.1 Å². The van der Waals surface area contributed by atoms with Crippen molar-refractivity contribution in [2.45, 2.75) is 13.0 Å². The molecule has 6 nitrogen and oxygen atoms in total. The van der Waals surface area contributed by atoms with Crippen LogP contribution in [-0.2, 0) is 32.1 Å². The summed E-state index contributed by atoms with van der Waals surface area (Å²) in [5, 5.41) is 8.86. The van der Waals surface area contributed by atoms with Crippen LogP contribution in [0.3, 0.4) is 0 Å². The summed E-state index contributed by atoms with van der Waals surface area (Å²) in [5.41, 5.74) is 1.81. The Morgan fingerprint density at radius 2 is 1.90 bits per heavy atom. The zero-order valence-corrected chi connectivity index (χ0v) is 12.4. The molecule has 1 rings (SSSR count). The molecule has 0 radical (unpaired) electrons. The summed E-state index contributed by atoms with van der Waals surface area (Å²) in [4.78, 5) is 24.3. The van der Waals surface area contributed by atoms with Crippen molar-refractivity contribution in [1.82, 2.24) is 4.90 Å². The number of benzene rings is 1. The van der Waals surface area contributed by atoms with Crippen molar-refractivity contribution in [2.24, 2.45) is 0 Å². The Balaban J connectivity index is 2.70. The highest BCUT2D eigenvalue weighted by Crippen LogP contribution is 2.08. The molecule has 1 amide bonds. The zero-order chi connectivity index (χ0) is 15.7. The maximum Gasteiger partial charge on any atom is 0.323 e. The van der Waals surface area contributed by atoms with Crippen molar-refractivity contribution < 1.29 is 24.2 Å². The summed E-state index contributed by atoms with van der Waals surface area (Å²) in [6, 6.07) is 7.49. The van der Waals surface area contributed by atoms with Crippen molar-refractivity contribution in [3.05, 3.63) is 35.4 Å². The summed E-state index contributed by atoms with van der Waals surface area (Å²) in [6.07, 6.45) is 0.161. The molecule has 21 heavy (non-hydrogen) atoms. The molecule has 116 valence electrons. The highest BCUT2D eigenvalue weighted by Gasteiger charge is 2.16. The molecule has 0 heterocycles. The lowest BCUT2D eigenvalue weighted by molar-refractivity contribution is -0.144. The lowest BCUT2D eigenvalue weighted by Crippen LogP contribution is -2.38. The van der Waals surface area contributed by atoms with Gasteiger partial charge in [-0.1, -0.05) is 24.3 Å². The number of carboxylic acid groups (broad SMARTS) is 1. The maximum atomic E-state index is 12.2. The van der Waals surface area contributed by atoms with Crippen LogP contribution in [0.15, 0.2) is 24.3 Å². The third-order valence-electron chi connectivity index (χ3n) is 2.90. The monoisotopic (exact) mass is 295 g/mol. The number of carboxylic acids is 1. The van der Waals surface area contributed by atoms with Crippen LogP contribution < -0.4 is 0 Å². The smallest absolute Gasteiger partial charge is 0.323 e. The molecule has 0 fully saturated rings. The number of ether oxygens (including phenoxy) is 2. The summed E-state index contributed by atoms with van der Waals surface area (Å²) in [7, 11) is 3.12. The molecule has 0 aromatic heterocycles. The summed E-state index contributed by atoms with van der Waals surface area (Å²) in [5.74, 6) is -1.27. The Hall–Kier alpha value is -1.92. The number of amides is 1. The molecule has 0 unspecified atom stereocenters. The van der Waals surface area contributed by atoms with Gasteiger partial charge in [0.15, 0.2) is 0 Å². The fraction of sp³-hybridized carbons (Fsp3) is 0.467. The Bertz CT molecular complexity index is 475. The van der Waals surface area contributed by atoms with Gasteiger partial charge >= 0.3 is 5.97 Å². The van der Waals surface area contributed by atoms with Crippen LogP contribution in [0.5, 0.6) is 0 Å². The molecule has 0 bridgehead atoms. The van der Waals surface area contributed by atoms with E-state index in [0.29, 0.717) is 13.2 Å². The van der Waals surface area contributed by atoms with E-state index in [4.69, 9.17) is 14.6 Å². The first kappa shape index (κ1) is 17.1. The van der Waals surface area contributed by atoms with Crippen LogP contribution in [0.2, 0.25) is 0 Å². The van der Waals surface area contributed by atoms with Crippen molar-refractivity contribution in [1.29, 1.82) is 0 Å². The molecule has 0 saturated heterocycles. The lowest BCUT2D eigenvalue weighted by Gasteiger charge is -2.20. The summed E-state index contributed by atoms with van der Waals surface area (Å²) in [6.45, 7) is 0.729. The SMILES string of the molecule is COCCN(CC(=O)O)C(=O)Cc1cccc(COC)c1. The predicted octanol–water partition coefficient (Wildman–Crippen LogP) is 0.935. The van der Waals surface area contributed by atoms with Gasteiger partial charge in [-0.05, 0) is 11.1 Å². The third-order valence-corrected chi connectivity index (χ3v) is 2.90. The number of hydrogen-bond acceptors (Lipinski definition) is 4. The molecule has 0 atom stereocenters. The highest BCUT2D eigenvalue weighted by molar-refractivity contribution is 5.83. The first-order valence-corrected chi connectivity index (χ1v) is 6.62. The zero-order valence-electron chi connectivity index (χ0n) is 12.4. The quantitative estimate of drug-likeness (QED) is 0.733. The average molecular weight is 295 g/mol. The van der Waals surface area contributed by atoms with Gasteiger partial charge in [-0.3, -0.25) is 9.59 Å². The van der Waals surface area contributed by atoms with Gasteiger partial charge in [0.25, 0.3) is 0 Å². The minimum Gasteiger partial charge on any atom is -0.480 e. The highest BCUT2D eigenvalue weighted by atomic mass is 16.5. The second-order valence-electron chi connectivity index (χ2n) is 4.63. The predicted molar refractivity (Wildman–Crippen MR) is 77.0 cm³/mol. The molecule has 1 N–H and O–H groups in total. The van der Waals surface area contributed by atoms with Crippen LogP contribution in [0.1, 0.15) is 11.1 Å². The number of nitrogens with zero attached hydrogens (tertiary/aromatic N) is 1. The molecule has 1 aromatic carbocycles. The van der Waals surface area contributed by atoms with E-state index in [1.807, 2.05) is 24.3 Å². The number of aliphatic carboxylic acids is 1. The van der Waals surface area contributed by atoms with Gasteiger partial charge in [0.05, 0.1) is 19.6 Å². The molecular formula is C15H21NO5. The number of carbonyl (C=O) groups excluding carboxylic acids is 1. The van der Waals surface area contributed by atoms with Gasteiger partial charge in [0.1, 0.15) is 6.54 Å². The normalized spacial score (nSPS) is 10.4. The van der Waals surface area contributed by atoms with E-state index in [1.165, 1.54) is 12.0 Å². The van der Waals surface area contributed by atoms with E-state index in [1.54, 1.807) is 7.11 Å². The fourth-order valence-corrected chi connectivity index (χ4v) is 1.94. The van der Waals surface area contributed by atoms with Crippen molar-refractivity contribution in [3.8, 4) is 0 Å². The van der Waals surface area contributed by atoms with E-state index in [0.717, 1.165) is 11.1 Å². The maximum absolute atomic E-state index is 12.2. The number of carbonyl (C=O) groups is 2. The van der Waals surface area contributed by atoms with Crippen LogP contribution in [0.4, 0.5) is 0 Å².